The molecule has 0 radical (unpaired) electrons. The third kappa shape index (κ3) is 3.16. The van der Waals surface area contributed by atoms with Crippen molar-refractivity contribution in [3.8, 4) is 0 Å². The molecule has 0 atom stereocenters. The number of nitrogens with one attached hydrogen (secondary N) is 1. The molecule has 0 aliphatic rings. The normalized spacial score (nSPS) is 11.7. The highest BCUT2D eigenvalue weighted by Crippen LogP contribution is 2.22. The van der Waals surface area contributed by atoms with Crippen LogP contribution in [0.2, 0.25) is 5.02 Å². The summed E-state index contributed by atoms with van der Waals surface area (Å²) in [5.41, 5.74) is 8.27. The molecule has 0 aliphatic carbocycles. The lowest BCUT2D eigenvalue weighted by molar-refractivity contribution is 0.234. The summed E-state index contributed by atoms with van der Waals surface area (Å²) in [6, 6.07) is 3.82. The van der Waals surface area contributed by atoms with Gasteiger partial charge < -0.3 is 5.73 Å². The second kappa shape index (κ2) is 6.60. The van der Waals surface area contributed by atoms with Crippen LogP contribution in [0.15, 0.2) is 34.1 Å². The average molecular weight is 353 g/mol. The number of aliphatic imine (C=N–C) groups is 1. The third-order valence-corrected chi connectivity index (χ3v) is 3.29. The fraction of sp³-hybridized carbons (Fsp3) is 0.0833. The van der Waals surface area contributed by atoms with Crippen molar-refractivity contribution in [1.29, 1.82) is 0 Å². The van der Waals surface area contributed by atoms with Crippen molar-refractivity contribution < 1.29 is 14.2 Å². The van der Waals surface area contributed by atoms with E-state index in [9.17, 15) is 9.60 Å². The Morgan fingerprint density at radius 3 is 2.96 bits per heavy atom. The molecule has 0 unspecified atom stereocenters. The van der Waals surface area contributed by atoms with Gasteiger partial charge in [0.2, 0.25) is 5.95 Å². The van der Waals surface area contributed by atoms with Crippen LogP contribution in [-0.4, -0.2) is 36.1 Å². The van der Waals surface area contributed by atoms with Gasteiger partial charge in [0.25, 0.3) is 0 Å². The molecular formula is C12H10ClFN8O2. The molecule has 3 aromatic rings. The van der Waals surface area contributed by atoms with Crippen LogP contribution in [0.5, 0.6) is 0 Å². The van der Waals surface area contributed by atoms with Gasteiger partial charge in [0.05, 0.1) is 17.3 Å². The van der Waals surface area contributed by atoms with Crippen LogP contribution in [-0.2, 0) is 6.54 Å². The van der Waals surface area contributed by atoms with Crippen LogP contribution >= 0.6 is 11.6 Å². The second-order valence-corrected chi connectivity index (χ2v) is 4.95. The van der Waals surface area contributed by atoms with Crippen molar-refractivity contribution in [3.05, 3.63) is 46.8 Å². The van der Waals surface area contributed by atoms with E-state index in [1.54, 1.807) is 0 Å². The summed E-state index contributed by atoms with van der Waals surface area (Å²) in [6.07, 6.45) is 1.40. The Hall–Kier alpha value is -3.05. The lowest BCUT2D eigenvalue weighted by Gasteiger charge is -2.04. The quantitative estimate of drug-likeness (QED) is 0.360. The topological polar surface area (TPSA) is 140 Å². The SMILES string of the molecule is Nc1nncn1Cc1nonc1C(=Nc1ccc(F)c(Cl)c1)NO. The molecule has 12 heteroatoms. The van der Waals surface area contributed by atoms with E-state index in [1.807, 2.05) is 5.48 Å². The molecule has 0 amide bonds. The van der Waals surface area contributed by atoms with Gasteiger partial charge in [-0.15, -0.1) is 10.2 Å². The lowest BCUT2D eigenvalue weighted by atomic mass is 10.2. The van der Waals surface area contributed by atoms with E-state index >= 15 is 0 Å². The van der Waals surface area contributed by atoms with Crippen LogP contribution in [0.3, 0.4) is 0 Å². The van der Waals surface area contributed by atoms with Gasteiger partial charge in [-0.05, 0) is 23.4 Å². The molecule has 0 saturated carbocycles. The molecule has 0 spiro atoms. The summed E-state index contributed by atoms with van der Waals surface area (Å²) >= 11 is 5.70. The minimum Gasteiger partial charge on any atom is -0.368 e. The van der Waals surface area contributed by atoms with Gasteiger partial charge in [-0.3, -0.25) is 15.3 Å². The second-order valence-electron chi connectivity index (χ2n) is 4.55. The highest BCUT2D eigenvalue weighted by Gasteiger charge is 2.18. The Balaban J connectivity index is 1.94. The fourth-order valence-corrected chi connectivity index (χ4v) is 2.03. The summed E-state index contributed by atoms with van der Waals surface area (Å²) in [4.78, 5) is 4.10. The zero-order valence-corrected chi connectivity index (χ0v) is 12.6. The van der Waals surface area contributed by atoms with E-state index in [4.69, 9.17) is 17.3 Å². The number of hydroxylamine groups is 1. The Morgan fingerprint density at radius 1 is 1.46 bits per heavy atom. The minimum atomic E-state index is -0.582. The van der Waals surface area contributed by atoms with E-state index in [-0.39, 0.29) is 34.7 Å². The van der Waals surface area contributed by atoms with Gasteiger partial charge in [0.1, 0.15) is 17.8 Å². The molecule has 0 saturated heterocycles. The standard InChI is InChI=1S/C12H10ClFN8O2/c13-7-3-6(1-2-8(7)14)17-11(19-23)10-9(20-24-21-10)4-22-5-16-18-12(22)15/h1-3,5,23H,4H2,(H2,15,18)(H,17,19). The molecule has 2 heterocycles. The Morgan fingerprint density at radius 2 is 2.29 bits per heavy atom. The first-order chi connectivity index (χ1) is 11.6. The van der Waals surface area contributed by atoms with E-state index in [0.29, 0.717) is 5.69 Å². The van der Waals surface area contributed by atoms with Crippen molar-refractivity contribution in [2.45, 2.75) is 6.54 Å². The molecule has 3 rings (SSSR count). The van der Waals surface area contributed by atoms with Gasteiger partial charge in [-0.25, -0.2) is 14.0 Å². The summed E-state index contributed by atoms with van der Waals surface area (Å²) in [5.74, 6) is -0.480. The van der Waals surface area contributed by atoms with Crippen molar-refractivity contribution in [1.82, 2.24) is 30.6 Å². The molecule has 124 valence electrons. The van der Waals surface area contributed by atoms with Gasteiger partial charge in [-0.1, -0.05) is 16.8 Å². The van der Waals surface area contributed by atoms with Crippen LogP contribution in [0.25, 0.3) is 0 Å². The van der Waals surface area contributed by atoms with Crippen molar-refractivity contribution >= 4 is 29.1 Å². The number of anilines is 1. The highest BCUT2D eigenvalue weighted by molar-refractivity contribution is 6.31. The summed E-state index contributed by atoms with van der Waals surface area (Å²) in [5, 5.41) is 23.9. The molecule has 4 N–H and O–H groups in total. The molecule has 2 aromatic heterocycles. The summed E-state index contributed by atoms with van der Waals surface area (Å²) in [6.45, 7) is 0.141. The number of nitrogen functional groups attached to an aromatic ring is 1. The predicted octanol–water partition coefficient (Wildman–Crippen LogP) is 1.14. The van der Waals surface area contributed by atoms with Gasteiger partial charge in [-0.2, -0.15) is 0 Å². The van der Waals surface area contributed by atoms with E-state index in [2.05, 4.69) is 30.1 Å². The van der Waals surface area contributed by atoms with Crippen molar-refractivity contribution in [2.24, 2.45) is 4.99 Å². The van der Waals surface area contributed by atoms with Gasteiger partial charge >= 0.3 is 0 Å². The van der Waals surface area contributed by atoms with Crippen molar-refractivity contribution in [3.63, 3.8) is 0 Å². The maximum atomic E-state index is 13.2. The Kier molecular flexibility index (Phi) is 4.35. The predicted molar refractivity (Wildman–Crippen MR) is 80.4 cm³/mol. The van der Waals surface area contributed by atoms with Crippen LogP contribution in [0.4, 0.5) is 16.0 Å². The van der Waals surface area contributed by atoms with Crippen LogP contribution in [0.1, 0.15) is 11.4 Å². The highest BCUT2D eigenvalue weighted by atomic mass is 35.5. The first-order valence-corrected chi connectivity index (χ1v) is 6.85. The molecule has 0 bridgehead atoms. The maximum absolute atomic E-state index is 13.2. The molecule has 1 aromatic carbocycles. The number of aromatic nitrogens is 5. The Labute approximate surface area is 138 Å². The van der Waals surface area contributed by atoms with E-state index in [0.717, 1.165) is 6.07 Å². The van der Waals surface area contributed by atoms with Crippen molar-refractivity contribution in [2.75, 3.05) is 5.73 Å². The molecule has 10 nitrogen and oxygen atoms in total. The number of hydrogen-bond acceptors (Lipinski definition) is 8. The summed E-state index contributed by atoms with van der Waals surface area (Å²) in [7, 11) is 0. The average Bonchev–Trinajstić information content (AvgIpc) is 3.18. The third-order valence-electron chi connectivity index (χ3n) is 3.00. The monoisotopic (exact) mass is 352 g/mol. The Bertz CT molecular complexity index is 893. The number of nitrogens with two attached hydrogens (primary N) is 1. The first-order valence-electron chi connectivity index (χ1n) is 6.47. The molecule has 24 heavy (non-hydrogen) atoms. The zero-order chi connectivity index (χ0) is 17.1. The molecule has 0 fully saturated rings. The number of rotatable bonds is 4. The largest absolute Gasteiger partial charge is 0.368 e. The number of halogens is 2. The van der Waals surface area contributed by atoms with E-state index in [1.165, 1.54) is 23.0 Å². The number of amidine groups is 1. The molecular weight excluding hydrogens is 343 g/mol. The van der Waals surface area contributed by atoms with Crippen LogP contribution < -0.4 is 11.2 Å². The number of nitrogens with zero attached hydrogens (tertiary/aromatic N) is 6. The van der Waals surface area contributed by atoms with Gasteiger partial charge in [0, 0.05) is 0 Å². The number of hydrogen-bond donors (Lipinski definition) is 3. The van der Waals surface area contributed by atoms with Gasteiger partial charge in [0.15, 0.2) is 11.5 Å². The lowest BCUT2D eigenvalue weighted by Crippen LogP contribution is -2.22. The number of benzene rings is 1. The fourth-order valence-electron chi connectivity index (χ4n) is 1.85. The zero-order valence-electron chi connectivity index (χ0n) is 11.9. The first kappa shape index (κ1) is 15.8. The maximum Gasteiger partial charge on any atom is 0.222 e. The smallest absolute Gasteiger partial charge is 0.222 e. The van der Waals surface area contributed by atoms with Crippen LogP contribution in [0, 0.1) is 5.82 Å². The molecule has 0 aliphatic heterocycles. The minimum absolute atomic E-state index is 0.0689. The van der Waals surface area contributed by atoms with E-state index < -0.39 is 5.82 Å². The summed E-state index contributed by atoms with van der Waals surface area (Å²) < 4.78 is 19.4.